The second kappa shape index (κ2) is 5.21. The monoisotopic (exact) mass is 302 g/mol. The molecular weight excluding hydrogens is 288 g/mol. The smallest absolute Gasteiger partial charge is 0.262 e. The summed E-state index contributed by atoms with van der Waals surface area (Å²) in [5.41, 5.74) is 2.80. The van der Waals surface area contributed by atoms with Gasteiger partial charge in [-0.3, -0.25) is 4.79 Å². The van der Waals surface area contributed by atoms with Crippen LogP contribution in [0.3, 0.4) is 0 Å². The van der Waals surface area contributed by atoms with Crippen LogP contribution in [-0.2, 0) is 0 Å². The first-order valence-corrected chi connectivity index (χ1v) is 7.34. The average molecular weight is 302 g/mol. The van der Waals surface area contributed by atoms with Crippen LogP contribution in [0.15, 0.2) is 65.5 Å². The van der Waals surface area contributed by atoms with E-state index in [9.17, 15) is 4.79 Å². The number of rotatable bonds is 2. The molecule has 0 fully saturated rings. The Bertz CT molecular complexity index is 1030. The summed E-state index contributed by atoms with van der Waals surface area (Å²) < 4.78 is 1.71. The minimum Gasteiger partial charge on any atom is -0.306 e. The predicted molar refractivity (Wildman–Crippen MR) is 89.7 cm³/mol. The van der Waals surface area contributed by atoms with Crippen molar-refractivity contribution in [1.29, 1.82) is 0 Å². The molecule has 0 unspecified atom stereocenters. The number of aromatic amines is 1. The maximum atomic E-state index is 12.5. The van der Waals surface area contributed by atoms with E-state index in [1.807, 2.05) is 67.6 Å². The lowest BCUT2D eigenvalue weighted by Crippen LogP contribution is -2.10. The third-order valence-corrected chi connectivity index (χ3v) is 3.76. The normalized spacial score (nSPS) is 11.0. The topological polar surface area (TPSA) is 63.6 Å². The van der Waals surface area contributed by atoms with Gasteiger partial charge in [0.15, 0.2) is 5.65 Å². The Hall–Kier alpha value is -3.21. The predicted octanol–water partition coefficient (Wildman–Crippen LogP) is 3.08. The maximum Gasteiger partial charge on any atom is 0.262 e. The highest BCUT2D eigenvalue weighted by atomic mass is 16.1. The highest BCUT2D eigenvalue weighted by Crippen LogP contribution is 2.20. The van der Waals surface area contributed by atoms with Gasteiger partial charge in [-0.05, 0) is 19.1 Å². The second-order valence-corrected chi connectivity index (χ2v) is 5.31. The van der Waals surface area contributed by atoms with Crippen LogP contribution >= 0.6 is 0 Å². The molecule has 2 aromatic heterocycles. The van der Waals surface area contributed by atoms with Crippen LogP contribution in [0.4, 0.5) is 0 Å². The molecule has 0 amide bonds. The average Bonchev–Trinajstić information content (AvgIpc) is 2.94. The third-order valence-electron chi connectivity index (χ3n) is 3.76. The molecule has 0 aliphatic heterocycles. The quantitative estimate of drug-likeness (QED) is 0.619. The number of H-pyrrole nitrogens is 1. The fourth-order valence-corrected chi connectivity index (χ4v) is 2.67. The van der Waals surface area contributed by atoms with E-state index in [0.29, 0.717) is 22.6 Å². The Morgan fingerprint density at radius 3 is 2.30 bits per heavy atom. The van der Waals surface area contributed by atoms with Crippen molar-refractivity contribution in [2.24, 2.45) is 0 Å². The number of nitrogens with zero attached hydrogens (tertiary/aromatic N) is 3. The number of aryl methyl sites for hydroxylation is 1. The van der Waals surface area contributed by atoms with E-state index in [1.165, 1.54) is 0 Å². The molecule has 0 bridgehead atoms. The highest BCUT2D eigenvalue weighted by Gasteiger charge is 2.15. The number of benzene rings is 2. The molecular formula is C18H14N4O. The van der Waals surface area contributed by atoms with Crippen LogP contribution in [0.5, 0.6) is 0 Å². The fourth-order valence-electron chi connectivity index (χ4n) is 2.67. The molecule has 2 heterocycles. The summed E-state index contributed by atoms with van der Waals surface area (Å²) in [5.74, 6) is 0.542. The van der Waals surface area contributed by atoms with Gasteiger partial charge in [0.1, 0.15) is 11.2 Å². The Kier molecular flexibility index (Phi) is 3.05. The third kappa shape index (κ3) is 2.23. The Morgan fingerprint density at radius 1 is 0.957 bits per heavy atom. The Labute approximate surface area is 132 Å². The largest absolute Gasteiger partial charge is 0.306 e. The van der Waals surface area contributed by atoms with Gasteiger partial charge in [0.2, 0.25) is 0 Å². The van der Waals surface area contributed by atoms with Gasteiger partial charge in [-0.15, -0.1) is 0 Å². The fraction of sp³-hybridized carbons (Fsp3) is 0.0556. The van der Waals surface area contributed by atoms with Crippen molar-refractivity contribution >= 4 is 11.0 Å². The molecule has 0 radical (unpaired) electrons. The van der Waals surface area contributed by atoms with Gasteiger partial charge < -0.3 is 4.98 Å². The van der Waals surface area contributed by atoms with Crippen molar-refractivity contribution in [1.82, 2.24) is 19.7 Å². The zero-order valence-corrected chi connectivity index (χ0v) is 12.5. The lowest BCUT2D eigenvalue weighted by atomic mass is 10.2. The van der Waals surface area contributed by atoms with E-state index in [1.54, 1.807) is 4.68 Å². The molecule has 112 valence electrons. The number of nitrogens with one attached hydrogen (secondary N) is 1. The maximum absolute atomic E-state index is 12.5. The van der Waals surface area contributed by atoms with Crippen LogP contribution in [-0.4, -0.2) is 19.7 Å². The number of para-hydroxylation sites is 1. The van der Waals surface area contributed by atoms with Gasteiger partial charge in [-0.2, -0.15) is 5.10 Å². The molecule has 23 heavy (non-hydrogen) atoms. The molecule has 0 saturated carbocycles. The molecule has 4 rings (SSSR count). The zero-order valence-electron chi connectivity index (χ0n) is 12.5. The van der Waals surface area contributed by atoms with Crippen LogP contribution in [0.25, 0.3) is 28.1 Å². The van der Waals surface area contributed by atoms with Gasteiger partial charge >= 0.3 is 0 Å². The van der Waals surface area contributed by atoms with E-state index >= 15 is 0 Å². The van der Waals surface area contributed by atoms with Crippen molar-refractivity contribution < 1.29 is 0 Å². The van der Waals surface area contributed by atoms with Gasteiger partial charge in [0.25, 0.3) is 5.56 Å². The molecule has 1 N–H and O–H groups in total. The molecule has 5 nitrogen and oxygen atoms in total. The zero-order chi connectivity index (χ0) is 15.8. The molecule has 0 saturated heterocycles. The molecule has 0 aliphatic carbocycles. The molecule has 4 aromatic rings. The number of fused-ring (bicyclic) bond motifs is 1. The van der Waals surface area contributed by atoms with Crippen molar-refractivity contribution in [2.75, 3.05) is 0 Å². The molecule has 0 spiro atoms. The van der Waals surface area contributed by atoms with Gasteiger partial charge in [-0.1, -0.05) is 48.5 Å². The van der Waals surface area contributed by atoms with E-state index < -0.39 is 0 Å². The molecule has 2 aromatic carbocycles. The van der Waals surface area contributed by atoms with Crippen LogP contribution in [0, 0.1) is 6.92 Å². The number of aromatic nitrogens is 4. The molecule has 0 atom stereocenters. The van der Waals surface area contributed by atoms with E-state index in [4.69, 9.17) is 0 Å². The summed E-state index contributed by atoms with van der Waals surface area (Å²) >= 11 is 0. The standard InChI is InChI=1S/C18H14N4O/c1-12-15-17(22(21-12)14-10-6-3-7-11-14)19-16(20-18(15)23)13-8-4-2-5-9-13/h2-11H,1H3,(H,19,20,23). The van der Waals surface area contributed by atoms with Crippen LogP contribution in [0.2, 0.25) is 0 Å². The van der Waals surface area contributed by atoms with E-state index in [0.717, 1.165) is 11.3 Å². The van der Waals surface area contributed by atoms with Crippen molar-refractivity contribution in [3.63, 3.8) is 0 Å². The van der Waals surface area contributed by atoms with Gasteiger partial charge in [0, 0.05) is 5.56 Å². The summed E-state index contributed by atoms with van der Waals surface area (Å²) in [6.45, 7) is 1.82. The minimum atomic E-state index is -0.173. The van der Waals surface area contributed by atoms with Crippen molar-refractivity contribution in [3.8, 4) is 17.1 Å². The lowest BCUT2D eigenvalue weighted by Gasteiger charge is -2.04. The van der Waals surface area contributed by atoms with E-state index in [2.05, 4.69) is 15.1 Å². The summed E-state index contributed by atoms with van der Waals surface area (Å²) in [4.78, 5) is 20.0. The summed E-state index contributed by atoms with van der Waals surface area (Å²) in [5, 5.41) is 5.01. The Balaban J connectivity index is 2.03. The molecule has 5 heteroatoms. The first kappa shape index (κ1) is 13.5. The van der Waals surface area contributed by atoms with E-state index in [-0.39, 0.29) is 5.56 Å². The second-order valence-electron chi connectivity index (χ2n) is 5.31. The SMILES string of the molecule is Cc1nn(-c2ccccc2)c2nc(-c3ccccc3)[nH]c(=O)c12. The lowest BCUT2D eigenvalue weighted by molar-refractivity contribution is 0.877. The first-order chi connectivity index (χ1) is 11.2. The summed E-state index contributed by atoms with van der Waals surface area (Å²) in [7, 11) is 0. The van der Waals surface area contributed by atoms with Crippen molar-refractivity contribution in [2.45, 2.75) is 6.92 Å². The summed E-state index contributed by atoms with van der Waals surface area (Å²) in [6, 6.07) is 19.3. The summed E-state index contributed by atoms with van der Waals surface area (Å²) in [6.07, 6.45) is 0. The van der Waals surface area contributed by atoms with Gasteiger partial charge in [0.05, 0.1) is 11.4 Å². The number of hydrogen-bond donors (Lipinski definition) is 1. The van der Waals surface area contributed by atoms with Crippen LogP contribution in [0.1, 0.15) is 5.69 Å². The Morgan fingerprint density at radius 2 is 1.61 bits per heavy atom. The molecule has 0 aliphatic rings. The van der Waals surface area contributed by atoms with Crippen molar-refractivity contribution in [3.05, 3.63) is 76.7 Å². The minimum absolute atomic E-state index is 0.173. The number of hydrogen-bond acceptors (Lipinski definition) is 3. The van der Waals surface area contributed by atoms with Crippen LogP contribution < -0.4 is 5.56 Å². The highest BCUT2D eigenvalue weighted by molar-refractivity contribution is 5.80. The van der Waals surface area contributed by atoms with Gasteiger partial charge in [-0.25, -0.2) is 9.67 Å². The first-order valence-electron chi connectivity index (χ1n) is 7.34.